The lowest BCUT2D eigenvalue weighted by molar-refractivity contribution is -0.126. The summed E-state index contributed by atoms with van der Waals surface area (Å²) >= 11 is 0. The fraction of sp³-hybridized carbons (Fsp3) is 0.0625. The maximum absolute atomic E-state index is 12.1. The fourth-order valence-electron chi connectivity index (χ4n) is 3.42. The van der Waals surface area contributed by atoms with Crippen molar-refractivity contribution < 1.29 is 28.7 Å². The van der Waals surface area contributed by atoms with Gasteiger partial charge in [-0.1, -0.05) is 36.4 Å². The Kier molecular flexibility index (Phi) is 10.4. The van der Waals surface area contributed by atoms with Crippen LogP contribution in [0, 0.1) is 0 Å². The van der Waals surface area contributed by atoms with Crippen LogP contribution in [-0.4, -0.2) is 36.2 Å². The minimum atomic E-state index is -0.461. The highest BCUT2D eigenvalue weighted by Gasteiger charge is 2.09. The first-order valence-electron chi connectivity index (χ1n) is 12.8. The molecule has 0 saturated heterocycles. The number of benzene rings is 4. The van der Waals surface area contributed by atoms with Gasteiger partial charge in [0.25, 0.3) is 0 Å². The number of ether oxygens (including phenoxy) is 2. The normalized spacial score (nSPS) is 10.8. The van der Waals surface area contributed by atoms with Crippen LogP contribution in [0.5, 0.6) is 11.5 Å². The number of carbonyl (C=O) groups excluding carboxylic acids is 4. The van der Waals surface area contributed by atoms with E-state index in [-0.39, 0.29) is 12.8 Å². The Morgan fingerprint density at radius 2 is 0.881 bits per heavy atom. The molecular formula is C32H26N4O6. The van der Waals surface area contributed by atoms with Crippen molar-refractivity contribution in [1.29, 1.82) is 0 Å². The molecule has 0 radical (unpaired) electrons. The predicted molar refractivity (Wildman–Crippen MR) is 156 cm³/mol. The van der Waals surface area contributed by atoms with Gasteiger partial charge in [-0.3, -0.25) is 9.59 Å². The summed E-state index contributed by atoms with van der Waals surface area (Å²) in [5.41, 5.74) is 6.95. The van der Waals surface area contributed by atoms with Crippen LogP contribution >= 0.6 is 0 Å². The number of hydrogen-bond acceptors (Lipinski definition) is 8. The quantitative estimate of drug-likeness (QED) is 0.120. The molecule has 0 heterocycles. The van der Waals surface area contributed by atoms with Crippen LogP contribution < -0.4 is 20.3 Å². The molecule has 0 bridgehead atoms. The molecule has 210 valence electrons. The molecule has 0 aliphatic rings. The number of hydrogen-bond donors (Lipinski definition) is 2. The molecule has 2 amide bonds. The first-order valence-corrected chi connectivity index (χ1v) is 12.8. The summed E-state index contributed by atoms with van der Waals surface area (Å²) in [4.78, 5) is 48.2. The Morgan fingerprint density at radius 3 is 1.24 bits per heavy atom. The summed E-state index contributed by atoms with van der Waals surface area (Å²) in [6, 6.07) is 30.5. The van der Waals surface area contributed by atoms with Gasteiger partial charge in [-0.2, -0.15) is 10.2 Å². The van der Waals surface area contributed by atoms with Crippen molar-refractivity contribution in [3.8, 4) is 11.5 Å². The summed E-state index contributed by atoms with van der Waals surface area (Å²) in [7, 11) is 0. The van der Waals surface area contributed by atoms with Crippen LogP contribution in [0.1, 0.15) is 44.7 Å². The average molecular weight is 563 g/mol. The molecule has 0 atom stereocenters. The van der Waals surface area contributed by atoms with Crippen molar-refractivity contribution in [2.24, 2.45) is 10.2 Å². The largest absolute Gasteiger partial charge is 0.423 e. The van der Waals surface area contributed by atoms with Crippen molar-refractivity contribution in [1.82, 2.24) is 10.9 Å². The van der Waals surface area contributed by atoms with Crippen molar-refractivity contribution in [2.75, 3.05) is 0 Å². The Bertz CT molecular complexity index is 1450. The second-order valence-corrected chi connectivity index (χ2v) is 8.74. The Hall–Kier alpha value is -5.90. The molecule has 0 saturated carbocycles. The van der Waals surface area contributed by atoms with Gasteiger partial charge >= 0.3 is 11.9 Å². The Balaban J connectivity index is 1.13. The lowest BCUT2D eigenvalue weighted by Crippen LogP contribution is -2.22. The van der Waals surface area contributed by atoms with Gasteiger partial charge < -0.3 is 9.47 Å². The summed E-state index contributed by atoms with van der Waals surface area (Å²) in [6.45, 7) is 0. The van der Waals surface area contributed by atoms with Crippen LogP contribution in [-0.2, 0) is 9.59 Å². The molecular weight excluding hydrogens is 536 g/mol. The topological polar surface area (TPSA) is 136 Å². The van der Waals surface area contributed by atoms with Crippen molar-refractivity contribution >= 4 is 36.2 Å². The predicted octanol–water partition coefficient (Wildman–Crippen LogP) is 4.51. The smallest absolute Gasteiger partial charge is 0.343 e. The van der Waals surface area contributed by atoms with E-state index in [1.807, 2.05) is 12.1 Å². The van der Waals surface area contributed by atoms with E-state index in [0.29, 0.717) is 33.8 Å². The van der Waals surface area contributed by atoms with Crippen LogP contribution in [0.15, 0.2) is 119 Å². The third kappa shape index (κ3) is 9.38. The molecule has 42 heavy (non-hydrogen) atoms. The second kappa shape index (κ2) is 15.0. The molecule has 10 heteroatoms. The van der Waals surface area contributed by atoms with Crippen molar-refractivity contribution in [3.05, 3.63) is 131 Å². The molecule has 4 rings (SSSR count). The SMILES string of the molecule is O=C(CCC(=O)NN=Cc1ccc(OC(=O)c2ccccc2)cc1)NN=Cc1ccc(OC(=O)c2ccccc2)cc1. The summed E-state index contributed by atoms with van der Waals surface area (Å²) < 4.78 is 10.6. The van der Waals surface area contributed by atoms with Gasteiger partial charge in [0, 0.05) is 12.8 Å². The van der Waals surface area contributed by atoms with Crippen LogP contribution in [0.25, 0.3) is 0 Å². The number of nitrogens with one attached hydrogen (secondary N) is 2. The van der Waals surface area contributed by atoms with E-state index in [2.05, 4.69) is 21.1 Å². The lowest BCUT2D eigenvalue weighted by atomic mass is 10.2. The fourth-order valence-corrected chi connectivity index (χ4v) is 3.42. The van der Waals surface area contributed by atoms with Crippen molar-refractivity contribution in [2.45, 2.75) is 12.8 Å². The molecule has 0 aromatic heterocycles. The molecule has 0 aliphatic carbocycles. The molecule has 0 spiro atoms. The highest BCUT2D eigenvalue weighted by Crippen LogP contribution is 2.15. The van der Waals surface area contributed by atoms with E-state index in [1.54, 1.807) is 97.1 Å². The molecule has 0 fully saturated rings. The molecule has 4 aromatic carbocycles. The number of esters is 2. The van der Waals surface area contributed by atoms with Gasteiger partial charge in [-0.05, 0) is 83.9 Å². The highest BCUT2D eigenvalue weighted by atomic mass is 16.5. The van der Waals surface area contributed by atoms with E-state index >= 15 is 0 Å². The van der Waals surface area contributed by atoms with E-state index in [0.717, 1.165) is 0 Å². The zero-order valence-corrected chi connectivity index (χ0v) is 22.3. The maximum atomic E-state index is 12.1. The van der Waals surface area contributed by atoms with Gasteiger partial charge in [-0.25, -0.2) is 20.4 Å². The van der Waals surface area contributed by atoms with E-state index < -0.39 is 23.8 Å². The van der Waals surface area contributed by atoms with Gasteiger partial charge in [0.05, 0.1) is 23.6 Å². The summed E-state index contributed by atoms with van der Waals surface area (Å²) in [6.07, 6.45) is 2.68. The third-order valence-corrected chi connectivity index (χ3v) is 5.59. The Morgan fingerprint density at radius 1 is 0.524 bits per heavy atom. The second-order valence-electron chi connectivity index (χ2n) is 8.74. The van der Waals surface area contributed by atoms with Gasteiger partial charge in [0.15, 0.2) is 0 Å². The molecule has 0 aliphatic heterocycles. The number of amides is 2. The first-order chi connectivity index (χ1) is 20.5. The van der Waals surface area contributed by atoms with Crippen LogP contribution in [0.2, 0.25) is 0 Å². The molecule has 4 aromatic rings. The maximum Gasteiger partial charge on any atom is 0.343 e. The minimum absolute atomic E-state index is 0.0887. The molecule has 10 nitrogen and oxygen atoms in total. The number of nitrogens with zero attached hydrogens (tertiary/aromatic N) is 2. The van der Waals surface area contributed by atoms with Crippen LogP contribution in [0.4, 0.5) is 0 Å². The monoisotopic (exact) mass is 562 g/mol. The number of rotatable bonds is 11. The van der Waals surface area contributed by atoms with E-state index in [4.69, 9.17) is 9.47 Å². The lowest BCUT2D eigenvalue weighted by Gasteiger charge is -2.04. The average Bonchev–Trinajstić information content (AvgIpc) is 3.02. The van der Waals surface area contributed by atoms with Gasteiger partial charge in [0.2, 0.25) is 11.8 Å². The summed E-state index contributed by atoms with van der Waals surface area (Å²) in [5, 5.41) is 7.75. The zero-order valence-electron chi connectivity index (χ0n) is 22.3. The number of carbonyl (C=O) groups is 4. The van der Waals surface area contributed by atoms with Crippen molar-refractivity contribution in [3.63, 3.8) is 0 Å². The summed E-state index contributed by atoms with van der Waals surface area (Å²) in [5.74, 6) is -1.06. The van der Waals surface area contributed by atoms with Crippen LogP contribution in [0.3, 0.4) is 0 Å². The van der Waals surface area contributed by atoms with E-state index in [9.17, 15) is 19.2 Å². The molecule has 0 unspecified atom stereocenters. The Labute approximate surface area is 241 Å². The minimum Gasteiger partial charge on any atom is -0.423 e. The van der Waals surface area contributed by atoms with Gasteiger partial charge in [0.1, 0.15) is 11.5 Å². The highest BCUT2D eigenvalue weighted by molar-refractivity contribution is 5.92. The first kappa shape index (κ1) is 29.1. The third-order valence-electron chi connectivity index (χ3n) is 5.59. The zero-order chi connectivity index (χ0) is 29.6. The van der Waals surface area contributed by atoms with E-state index in [1.165, 1.54) is 12.4 Å². The number of hydrazone groups is 2. The molecule has 2 N–H and O–H groups in total. The standard InChI is InChI=1S/C32H26N4O6/c37-29(35-33-21-23-11-15-27(16-12-23)41-31(39)25-7-3-1-4-8-25)19-20-30(38)36-34-22-24-13-17-28(18-14-24)42-32(40)26-9-5-2-6-10-26/h1-18,21-22H,19-20H2,(H,35,37)(H,36,38). The van der Waals surface area contributed by atoms with Gasteiger partial charge in [-0.15, -0.1) is 0 Å².